The first-order chi connectivity index (χ1) is 32.2. The number of fused-ring (bicyclic) bond motifs is 11. The van der Waals surface area contributed by atoms with Gasteiger partial charge in [0.15, 0.2) is 5.82 Å². The summed E-state index contributed by atoms with van der Waals surface area (Å²) in [7, 11) is 0. The van der Waals surface area contributed by atoms with Crippen LogP contribution in [0.2, 0.25) is 0 Å². The molecule has 65 heavy (non-hydrogen) atoms. The topological polar surface area (TPSA) is 43.6 Å². The highest BCUT2D eigenvalue weighted by Gasteiger charge is 2.21. The van der Waals surface area contributed by atoms with Gasteiger partial charge in [-0.25, -0.2) is 15.0 Å². The third-order valence-electron chi connectivity index (χ3n) is 13.0. The average Bonchev–Trinajstić information content (AvgIpc) is 3.74. The van der Waals surface area contributed by atoms with Gasteiger partial charge in [0, 0.05) is 44.1 Å². The van der Waals surface area contributed by atoms with E-state index in [0.29, 0.717) is 5.82 Å². The van der Waals surface area contributed by atoms with Crippen molar-refractivity contribution in [2.45, 2.75) is 0 Å². The van der Waals surface area contributed by atoms with Gasteiger partial charge in [-0.3, -0.25) is 0 Å². The minimum atomic E-state index is 0.698. The molecular weight excluding hydrogens is 789 g/mol. The second-order valence-corrected chi connectivity index (χ2v) is 16.7. The SMILES string of the molecule is c1ccc(-c2nc(-c3ccc(-c4ccc(-c5nc6ccccc6c6c7ccccc7n(-c7ccccc7)c56)cc4)cc3)cc(-c3ccc4c5ccccc5c5ccccc5c4c3)n2)cc1. The van der Waals surface area contributed by atoms with Gasteiger partial charge in [0.25, 0.3) is 0 Å². The number of nitrogens with zero attached hydrogens (tertiary/aromatic N) is 4. The van der Waals surface area contributed by atoms with E-state index < -0.39 is 0 Å². The van der Waals surface area contributed by atoms with Crippen molar-refractivity contribution in [2.75, 3.05) is 0 Å². The van der Waals surface area contributed by atoms with Crippen molar-refractivity contribution in [3.63, 3.8) is 0 Å². The monoisotopic (exact) mass is 826 g/mol. The third-order valence-corrected chi connectivity index (χ3v) is 13.0. The van der Waals surface area contributed by atoms with Gasteiger partial charge in [-0.15, -0.1) is 0 Å². The zero-order chi connectivity index (χ0) is 42.8. The smallest absolute Gasteiger partial charge is 0.160 e. The molecule has 0 radical (unpaired) electrons. The molecule has 0 saturated heterocycles. The van der Waals surface area contributed by atoms with Crippen LogP contribution in [0.3, 0.4) is 0 Å². The molecule has 0 atom stereocenters. The maximum Gasteiger partial charge on any atom is 0.160 e. The number of para-hydroxylation sites is 3. The highest BCUT2D eigenvalue weighted by molar-refractivity contribution is 6.26. The van der Waals surface area contributed by atoms with Gasteiger partial charge in [-0.2, -0.15) is 0 Å². The molecule has 4 heteroatoms. The zero-order valence-corrected chi connectivity index (χ0v) is 35.2. The van der Waals surface area contributed by atoms with Crippen molar-refractivity contribution >= 4 is 65.0 Å². The Morgan fingerprint density at radius 3 is 1.43 bits per heavy atom. The summed E-state index contributed by atoms with van der Waals surface area (Å²) in [4.78, 5) is 15.7. The fourth-order valence-electron chi connectivity index (χ4n) is 9.92. The molecule has 10 aromatic carbocycles. The van der Waals surface area contributed by atoms with E-state index in [-0.39, 0.29) is 0 Å². The molecule has 0 amide bonds. The third kappa shape index (κ3) is 6.11. The van der Waals surface area contributed by atoms with Gasteiger partial charge in [0.1, 0.15) is 0 Å². The first-order valence-corrected chi connectivity index (χ1v) is 22.1. The van der Waals surface area contributed by atoms with Gasteiger partial charge in [0.05, 0.1) is 33.6 Å². The molecule has 4 nitrogen and oxygen atoms in total. The summed E-state index contributed by atoms with van der Waals surface area (Å²) in [6.45, 7) is 0. The largest absolute Gasteiger partial charge is 0.307 e. The van der Waals surface area contributed by atoms with Crippen LogP contribution in [0.4, 0.5) is 0 Å². The van der Waals surface area contributed by atoms with E-state index in [1.54, 1.807) is 0 Å². The summed E-state index contributed by atoms with van der Waals surface area (Å²) in [5, 5.41) is 11.1. The fraction of sp³-hybridized carbons (Fsp3) is 0. The molecule has 13 rings (SSSR count). The van der Waals surface area contributed by atoms with Crippen LogP contribution < -0.4 is 0 Å². The maximum absolute atomic E-state index is 5.37. The van der Waals surface area contributed by atoms with Crippen molar-refractivity contribution < 1.29 is 0 Å². The Balaban J connectivity index is 0.898. The van der Waals surface area contributed by atoms with Gasteiger partial charge in [-0.05, 0) is 79.8 Å². The molecule has 0 aliphatic rings. The molecule has 0 fully saturated rings. The minimum Gasteiger partial charge on any atom is -0.307 e. The number of hydrogen-bond donors (Lipinski definition) is 0. The van der Waals surface area contributed by atoms with Crippen LogP contribution in [0.5, 0.6) is 0 Å². The molecule has 0 unspecified atom stereocenters. The average molecular weight is 827 g/mol. The second-order valence-electron chi connectivity index (χ2n) is 16.7. The lowest BCUT2D eigenvalue weighted by atomic mass is 9.92. The second kappa shape index (κ2) is 15.0. The van der Waals surface area contributed by atoms with E-state index in [9.17, 15) is 0 Å². The summed E-state index contributed by atoms with van der Waals surface area (Å²) in [6, 6.07) is 82.0. The van der Waals surface area contributed by atoms with Crippen molar-refractivity contribution in [3.8, 4) is 62.0 Å². The van der Waals surface area contributed by atoms with Gasteiger partial charge in [-0.1, -0.05) is 194 Å². The standard InChI is InChI=1S/C61H38N4/c1-3-15-43(16-4-1)61-63-55(38-56(64-61)44-35-36-50-48-21-8-7-19-46(48)47-20-9-10-22-49(47)53(50)37-44)41-31-27-39(28-32-41)40-29-33-42(34-30-40)59-60-58(51-23-11-13-25-54(51)62-59)52-24-12-14-26-57(52)65(60)45-17-5-2-6-18-45/h1-38H. The summed E-state index contributed by atoms with van der Waals surface area (Å²) in [6.07, 6.45) is 0. The van der Waals surface area contributed by atoms with E-state index in [1.807, 2.05) is 18.2 Å². The molecular formula is C61H38N4. The Labute approximate surface area is 375 Å². The molecule has 0 bridgehead atoms. The summed E-state index contributed by atoms with van der Waals surface area (Å²) in [5.41, 5.74) is 13.5. The number of rotatable bonds is 6. The predicted octanol–water partition coefficient (Wildman–Crippen LogP) is 15.9. The van der Waals surface area contributed by atoms with Crippen molar-refractivity contribution in [1.82, 2.24) is 19.5 Å². The van der Waals surface area contributed by atoms with Crippen LogP contribution in [0, 0.1) is 0 Å². The molecule has 0 aliphatic heterocycles. The van der Waals surface area contributed by atoms with Crippen molar-refractivity contribution in [3.05, 3.63) is 231 Å². The lowest BCUT2D eigenvalue weighted by Gasteiger charge is -2.13. The summed E-state index contributed by atoms with van der Waals surface area (Å²) < 4.78 is 2.37. The Morgan fingerprint density at radius 1 is 0.292 bits per heavy atom. The van der Waals surface area contributed by atoms with Gasteiger partial charge in [0.2, 0.25) is 0 Å². The highest BCUT2D eigenvalue weighted by Crippen LogP contribution is 2.42. The van der Waals surface area contributed by atoms with Crippen LogP contribution in [-0.4, -0.2) is 19.5 Å². The minimum absolute atomic E-state index is 0.698. The number of aromatic nitrogens is 4. The van der Waals surface area contributed by atoms with Crippen LogP contribution in [-0.2, 0) is 0 Å². The molecule has 0 saturated carbocycles. The molecule has 0 N–H and O–H groups in total. The first-order valence-electron chi connectivity index (χ1n) is 22.1. The number of hydrogen-bond acceptors (Lipinski definition) is 3. The van der Waals surface area contributed by atoms with Gasteiger partial charge >= 0.3 is 0 Å². The quantitative estimate of drug-likeness (QED) is 0.157. The molecule has 0 spiro atoms. The van der Waals surface area contributed by atoms with Crippen LogP contribution >= 0.6 is 0 Å². The van der Waals surface area contributed by atoms with Gasteiger partial charge < -0.3 is 4.57 Å². The molecule has 3 aromatic heterocycles. The van der Waals surface area contributed by atoms with Crippen LogP contribution in [0.15, 0.2) is 231 Å². The van der Waals surface area contributed by atoms with E-state index in [4.69, 9.17) is 15.0 Å². The van der Waals surface area contributed by atoms with Crippen molar-refractivity contribution in [1.29, 1.82) is 0 Å². The van der Waals surface area contributed by atoms with E-state index >= 15 is 0 Å². The fourth-order valence-corrected chi connectivity index (χ4v) is 9.92. The predicted molar refractivity (Wildman–Crippen MR) is 271 cm³/mol. The Morgan fingerprint density at radius 2 is 0.769 bits per heavy atom. The molecule has 302 valence electrons. The van der Waals surface area contributed by atoms with E-state index in [1.165, 1.54) is 43.1 Å². The Kier molecular flexibility index (Phi) is 8.50. The highest BCUT2D eigenvalue weighted by atomic mass is 15.0. The summed E-state index contributed by atoms with van der Waals surface area (Å²) >= 11 is 0. The van der Waals surface area contributed by atoms with Crippen molar-refractivity contribution in [2.24, 2.45) is 0 Å². The number of benzene rings is 10. The first kappa shape index (κ1) is 36.9. The van der Waals surface area contributed by atoms with E-state index in [2.05, 4.69) is 217 Å². The normalized spacial score (nSPS) is 11.7. The lowest BCUT2D eigenvalue weighted by molar-refractivity contribution is 1.17. The van der Waals surface area contributed by atoms with E-state index in [0.717, 1.165) is 78.1 Å². The molecule has 13 aromatic rings. The van der Waals surface area contributed by atoms with Crippen LogP contribution in [0.1, 0.15) is 0 Å². The Bertz CT molecular complexity index is 3930. The molecule has 0 aliphatic carbocycles. The maximum atomic E-state index is 5.37. The van der Waals surface area contributed by atoms with Crippen LogP contribution in [0.25, 0.3) is 127 Å². The lowest BCUT2D eigenvalue weighted by Crippen LogP contribution is -1.97. The zero-order valence-electron chi connectivity index (χ0n) is 35.2. The summed E-state index contributed by atoms with van der Waals surface area (Å²) in [5.74, 6) is 0.698. The Hall–Kier alpha value is -8.73. The molecule has 3 heterocycles. The number of pyridine rings is 1.